The lowest BCUT2D eigenvalue weighted by atomic mass is 9.83. The van der Waals surface area contributed by atoms with Gasteiger partial charge in [-0.15, -0.1) is 0 Å². The fraction of sp³-hybridized carbons (Fsp3) is 0.490. The molecule has 25 heteroatoms. The Morgan fingerprint density at radius 3 is 1.92 bits per heavy atom. The third-order valence-corrected chi connectivity index (χ3v) is 11.1. The van der Waals surface area contributed by atoms with Crippen LogP contribution in [-0.4, -0.2) is 149 Å². The minimum atomic E-state index is -1.56. The van der Waals surface area contributed by atoms with Crippen LogP contribution in [0.1, 0.15) is 83.1 Å². The Labute approximate surface area is 442 Å². The lowest BCUT2D eigenvalue weighted by molar-refractivity contribution is -0.155. The molecular weight excluding hydrogens is 993 g/mol. The molecule has 23 nitrogen and oxygen atoms in total. The van der Waals surface area contributed by atoms with Crippen molar-refractivity contribution in [3.05, 3.63) is 101 Å². The molecule has 0 radical (unpaired) electrons. The van der Waals surface area contributed by atoms with E-state index >= 15 is 0 Å². The van der Waals surface area contributed by atoms with E-state index in [-0.39, 0.29) is 63.0 Å². The number of primary amides is 2. The van der Waals surface area contributed by atoms with Crippen LogP contribution in [0.4, 0.5) is 13.6 Å². The first-order valence-corrected chi connectivity index (χ1v) is 24.7. The number of urea groups is 1. The van der Waals surface area contributed by atoms with Gasteiger partial charge in [0, 0.05) is 38.1 Å². The molecule has 0 bridgehead atoms. The first kappa shape index (κ1) is 66.4. The number of likely N-dealkylation sites (N-methyl/N-ethyl adjacent to an activating group) is 1. The molecule has 2 heterocycles. The minimum Gasteiger partial charge on any atom is -0.391 e. The van der Waals surface area contributed by atoms with Gasteiger partial charge >= 0.3 is 6.03 Å². The Balaban J connectivity index is 0.00000143. The summed E-state index contributed by atoms with van der Waals surface area (Å²) in [6.45, 7) is 14.4. The number of aliphatic hydroxyl groups excluding tert-OH is 1. The molecule has 2 unspecified atom stereocenters. The van der Waals surface area contributed by atoms with Gasteiger partial charge < -0.3 is 58.3 Å². The highest BCUT2D eigenvalue weighted by molar-refractivity contribution is 5.96. The van der Waals surface area contributed by atoms with Crippen LogP contribution in [-0.2, 0) is 44.9 Å². The molecule has 1 fully saturated rings. The number of aryl methyl sites for hydroxylation is 3. The molecule has 0 aliphatic carbocycles. The van der Waals surface area contributed by atoms with Gasteiger partial charge in [-0.2, -0.15) is 0 Å². The number of nitrogens with zero attached hydrogens (tertiary/aromatic N) is 3. The second-order valence-corrected chi connectivity index (χ2v) is 17.5. The zero-order chi connectivity index (χ0) is 57.5. The first-order valence-electron chi connectivity index (χ1n) is 24.7. The Bertz CT molecular complexity index is 2350. The number of aromatic nitrogens is 1. The number of pyridine rings is 1. The van der Waals surface area contributed by atoms with E-state index in [1.54, 1.807) is 58.3 Å². The largest absolute Gasteiger partial charge is 0.391 e. The highest BCUT2D eigenvalue weighted by Gasteiger charge is 2.50. The van der Waals surface area contributed by atoms with E-state index in [1.165, 1.54) is 40.5 Å². The predicted molar refractivity (Wildman–Crippen MR) is 280 cm³/mol. The zero-order valence-corrected chi connectivity index (χ0v) is 44.8. The molecule has 1 aromatic heterocycles. The number of hydrogen-bond acceptors (Lipinski definition) is 13. The van der Waals surface area contributed by atoms with Crippen molar-refractivity contribution in [1.29, 1.82) is 0 Å². The number of carbonyl (C=O) groups excluding carboxylic acids is 9. The number of benzene rings is 2. The molecule has 1 aliphatic rings. The molecule has 0 spiro atoms. The maximum Gasteiger partial charge on any atom is 0.333 e. The van der Waals surface area contributed by atoms with E-state index in [2.05, 4.69) is 36.9 Å². The van der Waals surface area contributed by atoms with Crippen LogP contribution in [0.25, 0.3) is 0 Å². The van der Waals surface area contributed by atoms with Crippen LogP contribution >= 0.6 is 0 Å². The van der Waals surface area contributed by atoms with Crippen molar-refractivity contribution < 1.29 is 57.0 Å². The van der Waals surface area contributed by atoms with E-state index in [0.29, 0.717) is 17.7 Å². The topological polar surface area (TPSA) is 342 Å². The molecule has 3 atom stereocenters. The van der Waals surface area contributed by atoms with E-state index in [4.69, 9.17) is 11.5 Å². The zero-order valence-electron chi connectivity index (χ0n) is 44.8. The third-order valence-electron chi connectivity index (χ3n) is 11.1. The van der Waals surface area contributed by atoms with Crippen LogP contribution in [0, 0.1) is 32.4 Å². The van der Waals surface area contributed by atoms with E-state index in [1.807, 2.05) is 56.7 Å². The average molecular weight is 1070 g/mol. The van der Waals surface area contributed by atoms with Crippen LogP contribution in [0.2, 0.25) is 0 Å². The molecule has 76 heavy (non-hydrogen) atoms. The minimum absolute atomic E-state index is 0.0341. The van der Waals surface area contributed by atoms with E-state index in [0.717, 1.165) is 5.56 Å². The predicted octanol–water partition coefficient (Wildman–Crippen LogP) is 0.139. The van der Waals surface area contributed by atoms with Crippen molar-refractivity contribution in [3.8, 4) is 0 Å². The van der Waals surface area contributed by atoms with Gasteiger partial charge in [0.1, 0.15) is 23.2 Å². The molecule has 420 valence electrons. The van der Waals surface area contributed by atoms with Crippen molar-refractivity contribution >= 4 is 53.3 Å². The summed E-state index contributed by atoms with van der Waals surface area (Å²) in [6.07, 6.45) is 1.71. The average Bonchev–Trinajstić information content (AvgIpc) is 3.37. The van der Waals surface area contributed by atoms with Gasteiger partial charge in [0.05, 0.1) is 44.7 Å². The number of hydrogen-bond donors (Lipinski definition) is 11. The second kappa shape index (κ2) is 34.8. The Kier molecular flexibility index (Phi) is 30.4. The Morgan fingerprint density at radius 2 is 1.42 bits per heavy atom. The number of nitrogens with one attached hydrogen (secondary N) is 8. The van der Waals surface area contributed by atoms with Gasteiger partial charge in [-0.25, -0.2) is 19.0 Å². The number of hydrazine groups is 1. The molecular formula is C51H77F2N13O10. The highest BCUT2D eigenvalue weighted by Crippen LogP contribution is 2.32. The van der Waals surface area contributed by atoms with Crippen molar-refractivity contribution in [2.24, 2.45) is 11.5 Å². The molecule has 0 saturated carbocycles. The number of amides is 10. The maximum absolute atomic E-state index is 13.9. The number of carbonyl (C=O) groups is 9. The van der Waals surface area contributed by atoms with Crippen molar-refractivity contribution in [2.45, 2.75) is 118 Å². The normalized spacial score (nSPS) is 13.4. The van der Waals surface area contributed by atoms with Gasteiger partial charge in [-0.3, -0.25) is 48.8 Å². The van der Waals surface area contributed by atoms with Crippen LogP contribution < -0.4 is 54.2 Å². The van der Waals surface area contributed by atoms with Gasteiger partial charge in [0.2, 0.25) is 41.4 Å². The van der Waals surface area contributed by atoms with Crippen LogP contribution in [0.5, 0.6) is 0 Å². The van der Waals surface area contributed by atoms with Crippen molar-refractivity contribution in [2.75, 3.05) is 45.8 Å². The summed E-state index contributed by atoms with van der Waals surface area (Å²) in [5.74, 6) is -6.53. The van der Waals surface area contributed by atoms with Gasteiger partial charge in [0.25, 0.3) is 5.91 Å². The quantitative estimate of drug-likeness (QED) is 0.0634. The number of likely N-dealkylation sites (tertiary alicyclic amines) is 1. The number of nitrogens with two attached hydrogens (primary N) is 2. The molecule has 2 aromatic carbocycles. The SMILES string of the molecule is CC.CCN[C@@H](CC(N)=O)C(=O)NC(C(=O)NCC(=O)NNC(=O)NCC(=O)N(C(C)C)C1(C(=O)NCC(N)=O)CCN(C(=O)CNCc2ccc(C)c(F)c2)CC1)C(C)O.Cc1cccc(F)c1.Cc1ccncc1. The van der Waals surface area contributed by atoms with Gasteiger partial charge in [0.15, 0.2) is 0 Å². The molecule has 4 rings (SSSR count). The number of halogens is 2. The summed E-state index contributed by atoms with van der Waals surface area (Å²) >= 11 is 0. The fourth-order valence-corrected chi connectivity index (χ4v) is 7.36. The third kappa shape index (κ3) is 24.1. The van der Waals surface area contributed by atoms with E-state index < -0.39 is 96.8 Å². The van der Waals surface area contributed by atoms with Crippen molar-refractivity contribution in [1.82, 2.24) is 57.5 Å². The fourth-order valence-electron chi connectivity index (χ4n) is 7.36. The molecule has 3 aromatic rings. The standard InChI is InChI=1S/C36H57FN12O10.C7H7F.C6H7N.C2H6/c1-6-41-25(14-26(38)51)32(56)45-31(22(5)50)33(57)42-17-28(53)46-47-35(59)44-19-30(55)49(20(2)3)36(34(58)43-16-27(39)52)9-11-48(12-10-36)29(54)18-40-15-23-8-7-21(4)24(37)13-23;1-6-3-2-4-7(8)5-6;1-6-2-4-7-5-3-6;1-2/h7-8,13,20,22,25,31,40-41,50H,6,9-12,14-19H2,1-5H3,(H2,38,51)(H2,39,52)(H,42,57)(H,43,58)(H,45,56)(H,46,53)(H2,44,47,59);2-5H,1H3;2-5H,1H3;1-2H3/t22?,25-,31?;;;/m0.../s1. The molecule has 1 saturated heterocycles. The number of rotatable bonds is 21. The molecule has 13 N–H and O–H groups in total. The van der Waals surface area contributed by atoms with E-state index in [9.17, 15) is 57.0 Å². The van der Waals surface area contributed by atoms with Crippen molar-refractivity contribution in [3.63, 3.8) is 0 Å². The highest BCUT2D eigenvalue weighted by atomic mass is 19.1. The summed E-state index contributed by atoms with van der Waals surface area (Å²) in [4.78, 5) is 120. The number of aliphatic hydroxyl groups is 1. The summed E-state index contributed by atoms with van der Waals surface area (Å²) in [7, 11) is 0. The molecule has 1 aliphatic heterocycles. The lowest BCUT2D eigenvalue weighted by Gasteiger charge is -2.49. The summed E-state index contributed by atoms with van der Waals surface area (Å²) in [5, 5.41) is 25.0. The second-order valence-electron chi connectivity index (χ2n) is 17.5. The Morgan fingerprint density at radius 1 is 0.776 bits per heavy atom. The maximum atomic E-state index is 13.9. The van der Waals surface area contributed by atoms with Crippen LogP contribution in [0.3, 0.4) is 0 Å². The van der Waals surface area contributed by atoms with Gasteiger partial charge in [-0.1, -0.05) is 45.0 Å². The monoisotopic (exact) mass is 1070 g/mol. The summed E-state index contributed by atoms with van der Waals surface area (Å²) in [6, 6.07) is 10.9. The van der Waals surface area contributed by atoms with Gasteiger partial charge in [-0.05, 0) is 114 Å². The smallest absolute Gasteiger partial charge is 0.333 e. The Hall–Kier alpha value is -7.64. The summed E-state index contributed by atoms with van der Waals surface area (Å²) in [5.41, 5.74) is 16.3. The lowest BCUT2D eigenvalue weighted by Crippen LogP contribution is -2.68. The molecule has 10 amide bonds. The van der Waals surface area contributed by atoms with Crippen LogP contribution in [0.15, 0.2) is 67.0 Å². The first-order chi connectivity index (χ1) is 35.9. The number of piperidine rings is 1. The summed E-state index contributed by atoms with van der Waals surface area (Å²) < 4.78 is 26.1.